The molecule has 0 bridgehead atoms. The molecule has 1 unspecified atom stereocenters. The average Bonchev–Trinajstić information content (AvgIpc) is 3.87. The molecule has 0 N–H and O–H groups in total. The molecule has 8 rings (SSSR count). The Morgan fingerprint density at radius 3 is 1.76 bits per heavy atom. The van der Waals surface area contributed by atoms with Crippen LogP contribution in [-0.4, -0.2) is 31.3 Å². The molecule has 3 fully saturated rings. The Bertz CT molecular complexity index is 1910. The van der Waals surface area contributed by atoms with Gasteiger partial charge in [0.15, 0.2) is 5.82 Å². The first-order valence-corrected chi connectivity index (χ1v) is 26.3. The molecule has 0 radical (unpaired) electrons. The van der Waals surface area contributed by atoms with Crippen molar-refractivity contribution in [2.24, 2.45) is 0 Å². The molecule has 3 aliphatic rings. The Labute approximate surface area is 324 Å². The normalized spacial score (nSPS) is 19.9. The molecule has 2 heterocycles. The number of allylic oxidation sites excluding steroid dienone is 1. The van der Waals surface area contributed by atoms with Gasteiger partial charge in [-0.15, -0.1) is 16.4 Å². The summed E-state index contributed by atoms with van der Waals surface area (Å²) >= 11 is 1.57. The predicted molar refractivity (Wildman–Crippen MR) is 218 cm³/mol. The van der Waals surface area contributed by atoms with Gasteiger partial charge in [-0.1, -0.05) is 123 Å². The first-order chi connectivity index (χ1) is 25.3. The van der Waals surface area contributed by atoms with Crippen LogP contribution in [0, 0.1) is 5.20 Å². The Balaban J connectivity index is 0.00000131. The molecule has 0 saturated heterocycles. The average molecular weight is 844 g/mol. The van der Waals surface area contributed by atoms with Gasteiger partial charge < -0.3 is 0 Å². The number of benzene rings is 3. The molecule has 3 nitrogen and oxygen atoms in total. The Hall–Kier alpha value is -2.13. The van der Waals surface area contributed by atoms with Crippen molar-refractivity contribution >= 4 is 43.7 Å². The van der Waals surface area contributed by atoms with E-state index in [9.17, 15) is 0 Å². The quantitative estimate of drug-likeness (QED) is 0.118. The zero-order chi connectivity index (χ0) is 34.9. The van der Waals surface area contributed by atoms with E-state index in [2.05, 4.69) is 124 Å². The number of rotatable bonds is 7. The van der Waals surface area contributed by atoms with Crippen LogP contribution in [0.1, 0.15) is 94.8 Å². The summed E-state index contributed by atoms with van der Waals surface area (Å²) in [6, 6.07) is 38.1. The van der Waals surface area contributed by atoms with Gasteiger partial charge in [-0.2, -0.15) is 0 Å². The third kappa shape index (κ3) is 8.05. The van der Waals surface area contributed by atoms with E-state index in [1.165, 1.54) is 112 Å². The second-order valence-corrected chi connectivity index (χ2v) is 22.1. The van der Waals surface area contributed by atoms with Gasteiger partial charge in [-0.25, -0.2) is 4.68 Å². The second kappa shape index (κ2) is 18.3. The first-order valence-electron chi connectivity index (χ1n) is 18.9. The third-order valence-corrected chi connectivity index (χ3v) is 18.5. The van der Waals surface area contributed by atoms with Crippen LogP contribution in [-0.2, 0) is 15.1 Å². The summed E-state index contributed by atoms with van der Waals surface area (Å²) in [7, 11) is 9.71. The van der Waals surface area contributed by atoms with E-state index in [-0.39, 0.29) is 15.1 Å². The molecule has 0 spiro atoms. The SMILES string of the molecule is C(=C1CCCCC1P(=c1n(-c2ccccc2)nc(-c2ccccc2)n1-c1ccccc1)(C1CCCCC1)C1CCCCC1)c1cccs1.[Cl][Ru][Cl]. The maximum atomic E-state index is 5.77. The summed E-state index contributed by atoms with van der Waals surface area (Å²) in [6.07, 6.45) is 21.5. The van der Waals surface area contributed by atoms with Crippen molar-refractivity contribution in [3.05, 3.63) is 124 Å². The molecule has 2 aromatic heterocycles. The number of hydrogen-bond acceptors (Lipinski definition) is 2. The summed E-state index contributed by atoms with van der Waals surface area (Å²) < 4.78 is 5.18. The summed E-state index contributed by atoms with van der Waals surface area (Å²) in [5.74, 6) is 1.08. The van der Waals surface area contributed by atoms with E-state index in [4.69, 9.17) is 24.5 Å². The minimum atomic E-state index is -1.96. The van der Waals surface area contributed by atoms with Crippen molar-refractivity contribution < 1.29 is 15.1 Å². The summed E-state index contributed by atoms with van der Waals surface area (Å²) in [5.41, 5.74) is 7.44. The van der Waals surface area contributed by atoms with Gasteiger partial charge in [-0.3, -0.25) is 4.57 Å². The zero-order valence-electron chi connectivity index (χ0n) is 29.4. The predicted octanol–water partition coefficient (Wildman–Crippen LogP) is 14.0. The number of aromatic nitrogens is 3. The summed E-state index contributed by atoms with van der Waals surface area (Å²) in [5, 5.41) is 9.57. The molecule has 0 aliphatic heterocycles. The molecule has 8 heteroatoms. The number of halogens is 2. The van der Waals surface area contributed by atoms with Crippen LogP contribution in [0.2, 0.25) is 0 Å². The van der Waals surface area contributed by atoms with Crippen LogP contribution >= 0.6 is 37.6 Å². The fourth-order valence-electron chi connectivity index (χ4n) is 9.56. The standard InChI is InChI=1S/C43H50N3PS.2ClH.Ru/c1-6-19-34(20-7-1)42-44-46(37-24-10-3-11-25-37)43(45(42)36-22-8-2-9-23-36)47(38-26-12-4-13-27-38,39-28-14-5-15-29-39)41-31-17-16-21-35(41)33-40-30-18-32-48-40;;;/h1-3,6-11,18-20,22-25,30,32-33,38-39,41H,4-5,12-17,21,26-29,31H2;2*1H;/q;;;+2/p-2. The fraction of sp³-hybridized carbons (Fsp3) is 0.395. The van der Waals surface area contributed by atoms with Crippen LogP contribution in [0.15, 0.2) is 114 Å². The monoisotopic (exact) mass is 843 g/mol. The van der Waals surface area contributed by atoms with Crippen molar-refractivity contribution in [3.8, 4) is 22.8 Å². The van der Waals surface area contributed by atoms with Gasteiger partial charge >= 0.3 is 34.5 Å². The fourth-order valence-corrected chi connectivity index (χ4v) is 17.6. The van der Waals surface area contributed by atoms with E-state index in [0.29, 0.717) is 5.66 Å². The molecule has 3 aliphatic carbocycles. The van der Waals surface area contributed by atoms with Crippen LogP contribution in [0.4, 0.5) is 0 Å². The van der Waals surface area contributed by atoms with E-state index in [0.717, 1.165) is 17.1 Å². The van der Waals surface area contributed by atoms with Gasteiger partial charge in [0, 0.05) is 21.8 Å². The number of nitrogens with zero attached hydrogens (tertiary/aromatic N) is 3. The van der Waals surface area contributed by atoms with E-state index < -0.39 is 6.89 Å². The third-order valence-electron chi connectivity index (χ3n) is 11.6. The van der Waals surface area contributed by atoms with Crippen LogP contribution in [0.5, 0.6) is 0 Å². The Morgan fingerprint density at radius 2 is 1.20 bits per heavy atom. The molecular weight excluding hydrogens is 794 g/mol. The van der Waals surface area contributed by atoms with Gasteiger partial charge in [0.1, 0.15) is 5.20 Å². The van der Waals surface area contributed by atoms with Gasteiger partial charge in [0.25, 0.3) is 0 Å². The molecule has 51 heavy (non-hydrogen) atoms. The van der Waals surface area contributed by atoms with Crippen molar-refractivity contribution in [3.63, 3.8) is 0 Å². The maximum absolute atomic E-state index is 5.77. The van der Waals surface area contributed by atoms with Crippen molar-refractivity contribution in [2.45, 2.75) is 107 Å². The van der Waals surface area contributed by atoms with Crippen molar-refractivity contribution in [1.29, 1.82) is 0 Å². The first kappa shape index (κ1) is 37.2. The summed E-state index contributed by atoms with van der Waals surface area (Å²) in [4.78, 5) is 1.43. The van der Waals surface area contributed by atoms with E-state index >= 15 is 0 Å². The number of hydrogen-bond donors (Lipinski definition) is 0. The Kier molecular flexibility index (Phi) is 13.3. The van der Waals surface area contributed by atoms with Crippen molar-refractivity contribution in [2.75, 3.05) is 0 Å². The number of thiophene rings is 1. The van der Waals surface area contributed by atoms with Crippen LogP contribution < -0.4 is 0 Å². The van der Waals surface area contributed by atoms with Crippen LogP contribution in [0.3, 0.4) is 0 Å². The minimum absolute atomic E-state index is 0.346. The molecule has 0 amide bonds. The summed E-state index contributed by atoms with van der Waals surface area (Å²) in [6.45, 7) is -1.96. The topological polar surface area (TPSA) is 22.8 Å². The molecule has 270 valence electrons. The Morgan fingerprint density at radius 1 is 0.647 bits per heavy atom. The van der Waals surface area contributed by atoms with Gasteiger partial charge in [-0.05, 0) is 105 Å². The molecular formula is C43H50Cl2N3PRuS. The number of para-hydroxylation sites is 2. The molecule has 1 atom stereocenters. The van der Waals surface area contributed by atoms with Gasteiger partial charge in [0.2, 0.25) is 0 Å². The van der Waals surface area contributed by atoms with Crippen molar-refractivity contribution in [1.82, 2.24) is 14.3 Å². The second-order valence-electron chi connectivity index (χ2n) is 14.4. The zero-order valence-corrected chi connectivity index (χ0v) is 34.4. The van der Waals surface area contributed by atoms with Crippen LogP contribution in [0.25, 0.3) is 28.8 Å². The van der Waals surface area contributed by atoms with E-state index in [1.54, 1.807) is 10.8 Å². The van der Waals surface area contributed by atoms with Gasteiger partial charge in [0.05, 0.1) is 5.69 Å². The molecule has 5 aromatic rings. The molecule has 3 saturated carbocycles. The van der Waals surface area contributed by atoms with E-state index in [1.807, 2.05) is 11.3 Å². The molecule has 3 aromatic carbocycles.